The zero-order chi connectivity index (χ0) is 13.9. The lowest BCUT2D eigenvalue weighted by atomic mass is 9.87. The number of rotatable bonds is 4. The molecule has 2 amide bonds. The first-order valence-corrected chi connectivity index (χ1v) is 6.62. The van der Waals surface area contributed by atoms with E-state index in [2.05, 4.69) is 10.3 Å². The van der Waals surface area contributed by atoms with Gasteiger partial charge in [0, 0.05) is 6.20 Å². The van der Waals surface area contributed by atoms with Gasteiger partial charge in [-0.1, -0.05) is 19.9 Å². The zero-order valence-electron chi connectivity index (χ0n) is 11.3. The molecule has 2 rings (SSSR count). The standard InChI is InChI=1S/C14H19N3O2/c1-3-14(4-2)13(19)16-9-12(18)17(14)10-11-7-5-6-8-15-11/h5-8H,3-4,9-10H2,1-2H3,(H,16,19). The van der Waals surface area contributed by atoms with E-state index < -0.39 is 5.54 Å². The maximum absolute atomic E-state index is 12.2. The molecule has 0 saturated carbocycles. The van der Waals surface area contributed by atoms with Crippen molar-refractivity contribution in [1.82, 2.24) is 15.2 Å². The lowest BCUT2D eigenvalue weighted by molar-refractivity contribution is -0.155. The molecule has 1 aromatic heterocycles. The Morgan fingerprint density at radius 3 is 2.63 bits per heavy atom. The van der Waals surface area contributed by atoms with Gasteiger partial charge >= 0.3 is 0 Å². The van der Waals surface area contributed by atoms with Gasteiger partial charge in [-0.15, -0.1) is 0 Å². The number of hydrogen-bond donors (Lipinski definition) is 1. The van der Waals surface area contributed by atoms with Gasteiger partial charge in [0.1, 0.15) is 5.54 Å². The number of hydrogen-bond acceptors (Lipinski definition) is 3. The number of nitrogens with one attached hydrogen (secondary N) is 1. The third kappa shape index (κ3) is 2.32. The van der Waals surface area contributed by atoms with Crippen molar-refractivity contribution in [3.8, 4) is 0 Å². The summed E-state index contributed by atoms with van der Waals surface area (Å²) in [6.07, 6.45) is 2.91. The van der Waals surface area contributed by atoms with E-state index in [1.165, 1.54) is 0 Å². The second kappa shape index (κ2) is 5.38. The van der Waals surface area contributed by atoms with Crippen LogP contribution in [-0.4, -0.2) is 33.8 Å². The van der Waals surface area contributed by atoms with Crippen LogP contribution < -0.4 is 5.32 Å². The Kier molecular flexibility index (Phi) is 3.83. The highest BCUT2D eigenvalue weighted by Gasteiger charge is 2.46. The Morgan fingerprint density at radius 1 is 1.32 bits per heavy atom. The minimum Gasteiger partial charge on any atom is -0.345 e. The quantitative estimate of drug-likeness (QED) is 0.882. The van der Waals surface area contributed by atoms with Crippen LogP contribution in [0.25, 0.3) is 0 Å². The Hall–Kier alpha value is -1.91. The fourth-order valence-corrected chi connectivity index (χ4v) is 2.62. The van der Waals surface area contributed by atoms with Gasteiger partial charge in [-0.25, -0.2) is 0 Å². The number of carbonyl (C=O) groups excluding carboxylic acids is 2. The first-order chi connectivity index (χ1) is 9.14. The van der Waals surface area contributed by atoms with Crippen molar-refractivity contribution in [3.63, 3.8) is 0 Å². The smallest absolute Gasteiger partial charge is 0.246 e. The Bertz CT molecular complexity index is 469. The average molecular weight is 261 g/mol. The molecule has 19 heavy (non-hydrogen) atoms. The van der Waals surface area contributed by atoms with Gasteiger partial charge in [0.05, 0.1) is 18.8 Å². The third-order valence-corrected chi connectivity index (χ3v) is 3.86. The lowest BCUT2D eigenvalue weighted by Gasteiger charge is -2.44. The predicted octanol–water partition coefficient (Wildman–Crippen LogP) is 1.10. The summed E-state index contributed by atoms with van der Waals surface area (Å²) in [7, 11) is 0. The molecule has 0 radical (unpaired) electrons. The van der Waals surface area contributed by atoms with Gasteiger partial charge in [0.15, 0.2) is 0 Å². The molecule has 1 saturated heterocycles. The second-order valence-corrected chi connectivity index (χ2v) is 4.72. The van der Waals surface area contributed by atoms with Gasteiger partial charge in [-0.2, -0.15) is 0 Å². The molecule has 1 aromatic rings. The molecule has 0 atom stereocenters. The zero-order valence-corrected chi connectivity index (χ0v) is 11.3. The summed E-state index contributed by atoms with van der Waals surface area (Å²) in [5, 5.41) is 2.69. The molecule has 0 aromatic carbocycles. The summed E-state index contributed by atoms with van der Waals surface area (Å²) in [4.78, 5) is 30.3. The van der Waals surface area contributed by atoms with Crippen LogP contribution in [-0.2, 0) is 16.1 Å². The first-order valence-electron chi connectivity index (χ1n) is 6.62. The Labute approximate surface area is 113 Å². The van der Waals surface area contributed by atoms with E-state index in [-0.39, 0.29) is 18.4 Å². The molecule has 5 nitrogen and oxygen atoms in total. The highest BCUT2D eigenvalue weighted by Crippen LogP contribution is 2.28. The first kappa shape index (κ1) is 13.5. The second-order valence-electron chi connectivity index (χ2n) is 4.72. The number of amides is 2. The summed E-state index contributed by atoms with van der Waals surface area (Å²) in [5.74, 6) is -0.109. The van der Waals surface area contributed by atoms with Crippen molar-refractivity contribution in [3.05, 3.63) is 30.1 Å². The number of nitrogens with zero attached hydrogens (tertiary/aromatic N) is 2. The molecule has 0 spiro atoms. The largest absolute Gasteiger partial charge is 0.345 e. The molecule has 2 heterocycles. The van der Waals surface area contributed by atoms with E-state index in [4.69, 9.17) is 0 Å². The normalized spacial score (nSPS) is 18.3. The van der Waals surface area contributed by atoms with Crippen molar-refractivity contribution in [2.75, 3.05) is 6.54 Å². The molecule has 0 bridgehead atoms. The number of carbonyl (C=O) groups is 2. The van der Waals surface area contributed by atoms with Crippen molar-refractivity contribution in [1.29, 1.82) is 0 Å². The van der Waals surface area contributed by atoms with Crippen LogP contribution in [0, 0.1) is 0 Å². The van der Waals surface area contributed by atoms with Gasteiger partial charge < -0.3 is 10.2 Å². The van der Waals surface area contributed by atoms with E-state index in [9.17, 15) is 9.59 Å². The van der Waals surface area contributed by atoms with E-state index in [0.717, 1.165) is 5.69 Å². The molecule has 0 unspecified atom stereocenters. The summed E-state index contributed by atoms with van der Waals surface area (Å²) in [6.45, 7) is 4.34. The van der Waals surface area contributed by atoms with E-state index in [1.54, 1.807) is 11.1 Å². The summed E-state index contributed by atoms with van der Waals surface area (Å²) >= 11 is 0. The fourth-order valence-electron chi connectivity index (χ4n) is 2.62. The van der Waals surface area contributed by atoms with Crippen LogP contribution in [0.5, 0.6) is 0 Å². The van der Waals surface area contributed by atoms with E-state index >= 15 is 0 Å². The Balaban J connectivity index is 2.32. The van der Waals surface area contributed by atoms with Crippen LogP contribution in [0.1, 0.15) is 32.4 Å². The highest BCUT2D eigenvalue weighted by molar-refractivity contribution is 5.97. The van der Waals surface area contributed by atoms with Crippen LogP contribution >= 0.6 is 0 Å². The summed E-state index contributed by atoms with van der Waals surface area (Å²) in [6, 6.07) is 5.59. The molecule has 1 aliphatic rings. The average Bonchev–Trinajstić information content (AvgIpc) is 2.45. The van der Waals surface area contributed by atoms with Crippen molar-refractivity contribution in [2.24, 2.45) is 0 Å². The lowest BCUT2D eigenvalue weighted by Crippen LogP contribution is -2.66. The summed E-state index contributed by atoms with van der Waals surface area (Å²) in [5.41, 5.74) is 0.0594. The van der Waals surface area contributed by atoms with Gasteiger partial charge in [-0.3, -0.25) is 14.6 Å². The van der Waals surface area contributed by atoms with Crippen LogP contribution in [0.3, 0.4) is 0 Å². The number of piperazine rings is 1. The summed E-state index contributed by atoms with van der Waals surface area (Å²) < 4.78 is 0. The maximum Gasteiger partial charge on any atom is 0.246 e. The molecule has 1 fully saturated rings. The van der Waals surface area contributed by atoms with Gasteiger partial charge in [-0.05, 0) is 25.0 Å². The monoisotopic (exact) mass is 261 g/mol. The molecule has 5 heteroatoms. The molecular weight excluding hydrogens is 242 g/mol. The van der Waals surface area contributed by atoms with Gasteiger partial charge in [0.25, 0.3) is 0 Å². The third-order valence-electron chi connectivity index (χ3n) is 3.86. The molecule has 1 aliphatic heterocycles. The Morgan fingerprint density at radius 2 is 2.05 bits per heavy atom. The predicted molar refractivity (Wildman–Crippen MR) is 71.1 cm³/mol. The topological polar surface area (TPSA) is 62.3 Å². The van der Waals surface area contributed by atoms with Crippen LogP contribution in [0.2, 0.25) is 0 Å². The van der Waals surface area contributed by atoms with Crippen LogP contribution in [0.4, 0.5) is 0 Å². The number of pyridine rings is 1. The van der Waals surface area contributed by atoms with E-state index in [1.807, 2.05) is 32.0 Å². The number of aromatic nitrogens is 1. The molecule has 0 aliphatic carbocycles. The van der Waals surface area contributed by atoms with Crippen molar-refractivity contribution in [2.45, 2.75) is 38.8 Å². The van der Waals surface area contributed by atoms with Crippen LogP contribution in [0.15, 0.2) is 24.4 Å². The SMILES string of the molecule is CCC1(CC)C(=O)NCC(=O)N1Cc1ccccn1. The molecule has 1 N–H and O–H groups in total. The highest BCUT2D eigenvalue weighted by atomic mass is 16.2. The fraction of sp³-hybridized carbons (Fsp3) is 0.500. The van der Waals surface area contributed by atoms with Crippen molar-refractivity contribution < 1.29 is 9.59 Å². The minimum absolute atomic E-state index is 0.0473. The van der Waals surface area contributed by atoms with E-state index in [0.29, 0.717) is 19.4 Å². The molecular formula is C14H19N3O2. The van der Waals surface area contributed by atoms with Gasteiger partial charge in [0.2, 0.25) is 11.8 Å². The molecule has 102 valence electrons. The van der Waals surface area contributed by atoms with Crippen molar-refractivity contribution >= 4 is 11.8 Å². The minimum atomic E-state index is -0.743. The maximum atomic E-state index is 12.2.